The second kappa shape index (κ2) is 6.98. The maximum Gasteiger partial charge on any atom is 0.294 e. The van der Waals surface area contributed by atoms with E-state index >= 15 is 0 Å². The third-order valence-electron chi connectivity index (χ3n) is 3.10. The lowest BCUT2D eigenvalue weighted by atomic mass is 10.3. The number of anilines is 1. The molecule has 0 spiro atoms. The summed E-state index contributed by atoms with van der Waals surface area (Å²) >= 11 is 2.24. The first-order valence-corrected chi connectivity index (χ1v) is 8.57. The summed E-state index contributed by atoms with van der Waals surface area (Å²) in [7, 11) is 0. The number of benzene rings is 1. The van der Waals surface area contributed by atoms with Gasteiger partial charge in [0.15, 0.2) is 0 Å². The minimum atomic E-state index is -0.569. The maximum absolute atomic E-state index is 13.1. The molecular formula is C16H11FN2O3S2. The van der Waals surface area contributed by atoms with Crippen molar-refractivity contribution >= 4 is 51.9 Å². The van der Waals surface area contributed by atoms with Crippen molar-refractivity contribution in [1.29, 1.82) is 0 Å². The van der Waals surface area contributed by atoms with E-state index in [1.165, 1.54) is 29.5 Å². The molecule has 1 aliphatic rings. The van der Waals surface area contributed by atoms with E-state index in [0.29, 0.717) is 0 Å². The van der Waals surface area contributed by atoms with E-state index in [9.17, 15) is 18.8 Å². The highest BCUT2D eigenvalue weighted by atomic mass is 32.2. The molecule has 0 unspecified atom stereocenters. The molecule has 8 heteroatoms. The second-order valence-electron chi connectivity index (χ2n) is 4.84. The van der Waals surface area contributed by atoms with Gasteiger partial charge in [0.1, 0.15) is 12.4 Å². The highest BCUT2D eigenvalue weighted by Crippen LogP contribution is 2.32. The Morgan fingerprint density at radius 1 is 1.25 bits per heavy atom. The zero-order valence-corrected chi connectivity index (χ0v) is 13.8. The quantitative estimate of drug-likeness (QED) is 0.845. The van der Waals surface area contributed by atoms with E-state index in [0.717, 1.165) is 27.6 Å². The van der Waals surface area contributed by atoms with Crippen molar-refractivity contribution in [2.45, 2.75) is 0 Å². The van der Waals surface area contributed by atoms with E-state index < -0.39 is 29.4 Å². The van der Waals surface area contributed by atoms with Crippen LogP contribution in [0.2, 0.25) is 0 Å². The Kier molecular flexibility index (Phi) is 4.77. The fraction of sp³-hybridized carbons (Fsp3) is 0.0625. The van der Waals surface area contributed by atoms with E-state index in [1.807, 2.05) is 17.5 Å². The molecule has 122 valence electrons. The number of imide groups is 1. The predicted molar refractivity (Wildman–Crippen MR) is 92.0 cm³/mol. The molecule has 0 radical (unpaired) electrons. The van der Waals surface area contributed by atoms with Crippen LogP contribution in [0.15, 0.2) is 46.7 Å². The molecule has 5 nitrogen and oxygen atoms in total. The minimum absolute atomic E-state index is 0.265. The SMILES string of the molecule is O=C(CN1C(=O)S/C(=C/c2cccs2)C1=O)Nc1cccc(F)c1. The number of rotatable bonds is 4. The first-order valence-electron chi connectivity index (χ1n) is 6.87. The number of thiophene rings is 1. The number of halogens is 1. The van der Waals surface area contributed by atoms with Crippen LogP contribution in [0.3, 0.4) is 0 Å². The number of amides is 3. The van der Waals surface area contributed by atoms with E-state index in [2.05, 4.69) is 5.32 Å². The molecule has 1 aromatic heterocycles. The fourth-order valence-electron chi connectivity index (χ4n) is 2.05. The molecule has 3 amide bonds. The van der Waals surface area contributed by atoms with Crippen LogP contribution in [-0.4, -0.2) is 28.5 Å². The summed E-state index contributed by atoms with van der Waals surface area (Å²) in [6, 6.07) is 9.05. The topological polar surface area (TPSA) is 66.5 Å². The van der Waals surface area contributed by atoms with Gasteiger partial charge in [0.25, 0.3) is 11.1 Å². The Labute approximate surface area is 145 Å². The van der Waals surface area contributed by atoms with Crippen LogP contribution < -0.4 is 5.32 Å². The van der Waals surface area contributed by atoms with E-state index in [1.54, 1.807) is 6.08 Å². The van der Waals surface area contributed by atoms with Gasteiger partial charge in [0.05, 0.1) is 4.91 Å². The summed E-state index contributed by atoms with van der Waals surface area (Å²) in [5.41, 5.74) is 0.265. The average Bonchev–Trinajstić information content (AvgIpc) is 3.12. The number of carbonyl (C=O) groups excluding carboxylic acids is 3. The van der Waals surface area contributed by atoms with Crippen molar-refractivity contribution in [1.82, 2.24) is 4.90 Å². The third-order valence-corrected chi connectivity index (χ3v) is 4.83. The first kappa shape index (κ1) is 16.4. The first-order chi connectivity index (χ1) is 11.5. The third kappa shape index (κ3) is 3.72. The molecule has 2 aromatic rings. The molecule has 0 atom stereocenters. The Morgan fingerprint density at radius 2 is 2.08 bits per heavy atom. The highest BCUT2D eigenvalue weighted by molar-refractivity contribution is 8.18. The Balaban J connectivity index is 1.67. The molecule has 1 aromatic carbocycles. The molecule has 3 rings (SSSR count). The number of nitrogens with one attached hydrogen (secondary N) is 1. The number of nitrogens with zero attached hydrogens (tertiary/aromatic N) is 1. The van der Waals surface area contributed by atoms with Crippen molar-refractivity contribution in [3.63, 3.8) is 0 Å². The van der Waals surface area contributed by atoms with Crippen LogP contribution in [0.25, 0.3) is 6.08 Å². The number of hydrogen-bond acceptors (Lipinski definition) is 5. The van der Waals surface area contributed by atoms with Gasteiger partial charge in [-0.3, -0.25) is 19.3 Å². The standard InChI is InChI=1S/C16H11FN2O3S2/c17-10-3-1-4-11(7-10)18-14(20)9-19-15(21)13(24-16(19)22)8-12-5-2-6-23-12/h1-8H,9H2,(H,18,20)/b13-8+. The lowest BCUT2D eigenvalue weighted by Crippen LogP contribution is -2.36. The van der Waals surface area contributed by atoms with Crippen LogP contribution in [0, 0.1) is 5.82 Å². The summed E-state index contributed by atoms with van der Waals surface area (Å²) in [6.45, 7) is -0.414. The lowest BCUT2D eigenvalue weighted by molar-refractivity contribution is -0.127. The van der Waals surface area contributed by atoms with Crippen LogP contribution in [0.1, 0.15) is 4.88 Å². The molecule has 0 saturated carbocycles. The minimum Gasteiger partial charge on any atom is -0.324 e. The van der Waals surface area contributed by atoms with Gasteiger partial charge in [-0.25, -0.2) is 4.39 Å². The molecule has 1 aliphatic heterocycles. The van der Waals surface area contributed by atoms with E-state index in [4.69, 9.17) is 0 Å². The van der Waals surface area contributed by atoms with Crippen LogP contribution in [0.5, 0.6) is 0 Å². The van der Waals surface area contributed by atoms with Gasteiger partial charge in [-0.15, -0.1) is 11.3 Å². The van der Waals surface area contributed by atoms with Crippen molar-refractivity contribution in [2.75, 3.05) is 11.9 Å². The molecule has 2 heterocycles. The Bertz CT molecular complexity index is 834. The van der Waals surface area contributed by atoms with Crippen LogP contribution in [0.4, 0.5) is 14.9 Å². The molecule has 1 saturated heterocycles. The van der Waals surface area contributed by atoms with Crippen LogP contribution in [-0.2, 0) is 9.59 Å². The van der Waals surface area contributed by atoms with Gasteiger partial charge in [0.2, 0.25) is 5.91 Å². The summed E-state index contributed by atoms with van der Waals surface area (Å²) in [6.07, 6.45) is 1.63. The Morgan fingerprint density at radius 3 is 2.79 bits per heavy atom. The van der Waals surface area contributed by atoms with Crippen molar-refractivity contribution in [3.05, 3.63) is 57.4 Å². The summed E-state index contributed by atoms with van der Waals surface area (Å²) in [5, 5.41) is 3.82. The van der Waals surface area contributed by atoms with Crippen molar-refractivity contribution in [2.24, 2.45) is 0 Å². The summed E-state index contributed by atoms with van der Waals surface area (Å²) in [5.74, 6) is -1.56. The van der Waals surface area contributed by atoms with Crippen molar-refractivity contribution < 1.29 is 18.8 Å². The molecule has 24 heavy (non-hydrogen) atoms. The second-order valence-corrected chi connectivity index (χ2v) is 6.81. The van der Waals surface area contributed by atoms with Gasteiger partial charge in [-0.05, 0) is 47.5 Å². The van der Waals surface area contributed by atoms with Crippen LogP contribution >= 0.6 is 23.1 Å². The average molecular weight is 362 g/mol. The maximum atomic E-state index is 13.1. The molecule has 1 N–H and O–H groups in total. The van der Waals surface area contributed by atoms with Gasteiger partial charge in [0, 0.05) is 10.6 Å². The zero-order valence-electron chi connectivity index (χ0n) is 12.2. The van der Waals surface area contributed by atoms with Gasteiger partial charge < -0.3 is 5.32 Å². The lowest BCUT2D eigenvalue weighted by Gasteiger charge is -2.12. The normalized spacial score (nSPS) is 16.0. The smallest absolute Gasteiger partial charge is 0.294 e. The zero-order chi connectivity index (χ0) is 17.1. The molecular weight excluding hydrogens is 351 g/mol. The Hall–Kier alpha value is -2.45. The van der Waals surface area contributed by atoms with E-state index in [-0.39, 0.29) is 10.6 Å². The van der Waals surface area contributed by atoms with Gasteiger partial charge >= 0.3 is 0 Å². The number of hydrogen-bond donors (Lipinski definition) is 1. The molecule has 0 aliphatic carbocycles. The van der Waals surface area contributed by atoms with Crippen molar-refractivity contribution in [3.8, 4) is 0 Å². The summed E-state index contributed by atoms with van der Waals surface area (Å²) in [4.78, 5) is 38.2. The monoisotopic (exact) mass is 362 g/mol. The van der Waals surface area contributed by atoms with Gasteiger partial charge in [-0.1, -0.05) is 12.1 Å². The predicted octanol–water partition coefficient (Wildman–Crippen LogP) is 3.56. The molecule has 1 fully saturated rings. The highest BCUT2D eigenvalue weighted by Gasteiger charge is 2.36. The summed E-state index contributed by atoms with van der Waals surface area (Å²) < 4.78 is 13.1. The largest absolute Gasteiger partial charge is 0.324 e. The fourth-order valence-corrected chi connectivity index (χ4v) is 3.61. The number of carbonyl (C=O) groups is 3. The molecule has 0 bridgehead atoms. The van der Waals surface area contributed by atoms with Gasteiger partial charge in [-0.2, -0.15) is 0 Å². The number of thioether (sulfide) groups is 1.